The molecule has 0 heterocycles. The van der Waals surface area contributed by atoms with Gasteiger partial charge in [0.1, 0.15) is 7.14 Å². The normalized spacial score (nSPS) is 15.0. The number of rotatable bonds is 5. The molecule has 1 nitrogen and oxygen atoms in total. The maximum atomic E-state index is 12.3. The zero-order valence-corrected chi connectivity index (χ0v) is 10.5. The van der Waals surface area contributed by atoms with Crippen LogP contribution >= 0.6 is 18.9 Å². The molecule has 0 radical (unpaired) electrons. The van der Waals surface area contributed by atoms with Gasteiger partial charge in [0.25, 0.3) is 0 Å². The predicted molar refractivity (Wildman–Crippen MR) is 67.5 cm³/mol. The molecule has 14 heavy (non-hydrogen) atoms. The summed E-state index contributed by atoms with van der Waals surface area (Å²) in [6.45, 7) is 4.02. The van der Waals surface area contributed by atoms with E-state index in [1.807, 2.05) is 48.8 Å². The van der Waals surface area contributed by atoms with Gasteiger partial charge in [-0.3, -0.25) is 0 Å². The van der Waals surface area contributed by atoms with E-state index in [0.717, 1.165) is 23.0 Å². The second kappa shape index (κ2) is 5.63. The lowest BCUT2D eigenvalue weighted by atomic mass is 10.4. The Morgan fingerprint density at radius 3 is 2.50 bits per heavy atom. The van der Waals surface area contributed by atoms with Gasteiger partial charge in [-0.15, -0.1) is 0 Å². The lowest BCUT2D eigenvalue weighted by Gasteiger charge is -2.12. The van der Waals surface area contributed by atoms with Gasteiger partial charge >= 0.3 is 0 Å². The monoisotopic (exact) mass is 228 g/mol. The summed E-state index contributed by atoms with van der Waals surface area (Å²) in [5.41, 5.74) is 0. The Kier molecular flexibility index (Phi) is 4.77. The van der Waals surface area contributed by atoms with Crippen LogP contribution in [0, 0.1) is 0 Å². The Morgan fingerprint density at radius 1 is 1.29 bits per heavy atom. The van der Waals surface area contributed by atoms with Crippen molar-refractivity contribution in [2.75, 3.05) is 24.3 Å². The molecule has 0 aliphatic heterocycles. The molecule has 78 valence electrons. The van der Waals surface area contributed by atoms with Gasteiger partial charge in [0.15, 0.2) is 0 Å². The van der Waals surface area contributed by atoms with E-state index in [-0.39, 0.29) is 0 Å². The molecule has 0 N–H and O–H groups in total. The minimum atomic E-state index is -2.10. The highest BCUT2D eigenvalue weighted by atomic mass is 32.2. The molecule has 0 aliphatic rings. The van der Waals surface area contributed by atoms with E-state index < -0.39 is 7.14 Å². The fourth-order valence-corrected chi connectivity index (χ4v) is 4.52. The molecular formula is C11H17OPS. The van der Waals surface area contributed by atoms with Crippen LogP contribution in [-0.4, -0.2) is 24.3 Å². The molecular weight excluding hydrogens is 211 g/mol. The van der Waals surface area contributed by atoms with Crippen LogP contribution in [0.25, 0.3) is 0 Å². The lowest BCUT2D eigenvalue weighted by molar-refractivity contribution is 0.585. The second-order valence-electron chi connectivity index (χ2n) is 3.36. The molecule has 0 bridgehead atoms. The first kappa shape index (κ1) is 11.9. The quantitative estimate of drug-likeness (QED) is 0.569. The molecule has 0 aromatic heterocycles. The number of hydrogen-bond donors (Lipinski definition) is 0. The summed E-state index contributed by atoms with van der Waals surface area (Å²) >= 11 is 1.86. The van der Waals surface area contributed by atoms with Gasteiger partial charge < -0.3 is 4.57 Å². The van der Waals surface area contributed by atoms with Gasteiger partial charge in [-0.25, -0.2) is 0 Å². The molecule has 0 saturated heterocycles. The van der Waals surface area contributed by atoms with Crippen LogP contribution in [0.2, 0.25) is 0 Å². The minimum absolute atomic E-state index is 0.815. The summed E-state index contributed by atoms with van der Waals surface area (Å²) in [5.74, 6) is 2.11. The minimum Gasteiger partial charge on any atom is -0.319 e. The largest absolute Gasteiger partial charge is 0.319 e. The van der Waals surface area contributed by atoms with Gasteiger partial charge in [-0.05, 0) is 12.4 Å². The van der Waals surface area contributed by atoms with Crippen molar-refractivity contribution in [1.29, 1.82) is 0 Å². The molecule has 1 unspecified atom stereocenters. The summed E-state index contributed by atoms with van der Waals surface area (Å²) in [5, 5.41) is 1.01. The fraction of sp³-hybridized carbons (Fsp3) is 0.455. The van der Waals surface area contributed by atoms with Crippen LogP contribution in [0.1, 0.15) is 6.92 Å². The summed E-state index contributed by atoms with van der Waals surface area (Å²) in [6, 6.07) is 9.82. The van der Waals surface area contributed by atoms with Crippen molar-refractivity contribution in [2.24, 2.45) is 0 Å². The van der Waals surface area contributed by atoms with Crippen LogP contribution in [0.4, 0.5) is 0 Å². The van der Waals surface area contributed by atoms with Crippen molar-refractivity contribution in [3.8, 4) is 0 Å². The Balaban J connectivity index is 2.62. The zero-order valence-electron chi connectivity index (χ0n) is 8.77. The number of hydrogen-bond acceptors (Lipinski definition) is 2. The number of thioether (sulfide) groups is 1. The van der Waals surface area contributed by atoms with E-state index >= 15 is 0 Å². The molecule has 0 saturated carbocycles. The van der Waals surface area contributed by atoms with Crippen LogP contribution in [-0.2, 0) is 4.57 Å². The molecule has 1 atom stereocenters. The van der Waals surface area contributed by atoms with Gasteiger partial charge in [-0.2, -0.15) is 11.8 Å². The summed E-state index contributed by atoms with van der Waals surface area (Å²) in [7, 11) is -2.10. The average Bonchev–Trinajstić information content (AvgIpc) is 2.19. The van der Waals surface area contributed by atoms with Crippen LogP contribution < -0.4 is 5.30 Å². The molecule has 0 fully saturated rings. The van der Waals surface area contributed by atoms with E-state index in [1.165, 1.54) is 0 Å². The first-order chi connectivity index (χ1) is 6.67. The first-order valence-corrected chi connectivity index (χ1v) is 8.36. The van der Waals surface area contributed by atoms with Crippen molar-refractivity contribution in [3.05, 3.63) is 30.3 Å². The van der Waals surface area contributed by atoms with Crippen molar-refractivity contribution in [3.63, 3.8) is 0 Å². The highest BCUT2D eigenvalue weighted by Gasteiger charge is 2.16. The SMILES string of the molecule is CCSCCP(C)(=O)c1ccccc1. The van der Waals surface area contributed by atoms with Gasteiger partial charge in [-0.1, -0.05) is 37.3 Å². The third kappa shape index (κ3) is 3.51. The van der Waals surface area contributed by atoms with Gasteiger partial charge in [0.2, 0.25) is 0 Å². The van der Waals surface area contributed by atoms with Gasteiger partial charge in [0, 0.05) is 17.2 Å². The lowest BCUT2D eigenvalue weighted by Crippen LogP contribution is -2.07. The average molecular weight is 228 g/mol. The smallest absolute Gasteiger partial charge is 0.113 e. The van der Waals surface area contributed by atoms with Gasteiger partial charge in [0.05, 0.1) is 0 Å². The van der Waals surface area contributed by atoms with Crippen molar-refractivity contribution < 1.29 is 4.57 Å². The molecule has 1 aromatic rings. The Morgan fingerprint density at radius 2 is 1.93 bits per heavy atom. The maximum absolute atomic E-state index is 12.3. The molecule has 1 rings (SSSR count). The highest BCUT2D eigenvalue weighted by Crippen LogP contribution is 2.39. The van der Waals surface area contributed by atoms with Crippen molar-refractivity contribution in [2.45, 2.75) is 6.92 Å². The maximum Gasteiger partial charge on any atom is 0.113 e. The van der Waals surface area contributed by atoms with Crippen molar-refractivity contribution >= 4 is 24.2 Å². The molecule has 0 amide bonds. The molecule has 3 heteroatoms. The van der Waals surface area contributed by atoms with Crippen molar-refractivity contribution in [1.82, 2.24) is 0 Å². The highest BCUT2D eigenvalue weighted by molar-refractivity contribution is 7.99. The van der Waals surface area contributed by atoms with E-state index in [1.54, 1.807) is 0 Å². The molecule has 1 aromatic carbocycles. The topological polar surface area (TPSA) is 17.1 Å². The van der Waals surface area contributed by atoms with E-state index in [9.17, 15) is 4.57 Å². The Hall–Kier alpha value is -0.200. The molecule has 0 spiro atoms. The van der Waals surface area contributed by atoms with E-state index in [2.05, 4.69) is 6.92 Å². The molecule has 0 aliphatic carbocycles. The van der Waals surface area contributed by atoms with Crippen LogP contribution in [0.15, 0.2) is 30.3 Å². The summed E-state index contributed by atoms with van der Waals surface area (Å²) in [4.78, 5) is 0. The van der Waals surface area contributed by atoms with E-state index in [4.69, 9.17) is 0 Å². The zero-order chi connectivity index (χ0) is 10.4. The predicted octanol–water partition coefficient (Wildman–Crippen LogP) is 3.06. The summed E-state index contributed by atoms with van der Waals surface area (Å²) < 4.78 is 12.3. The Bertz CT molecular complexity index is 310. The summed E-state index contributed by atoms with van der Waals surface area (Å²) in [6.07, 6.45) is 0.815. The second-order valence-corrected chi connectivity index (χ2v) is 7.92. The Labute approximate surface area is 90.7 Å². The van der Waals surface area contributed by atoms with E-state index in [0.29, 0.717) is 0 Å². The fourth-order valence-electron chi connectivity index (χ4n) is 1.26. The third-order valence-electron chi connectivity index (χ3n) is 2.17. The van der Waals surface area contributed by atoms with Crippen LogP contribution in [0.5, 0.6) is 0 Å². The third-order valence-corrected chi connectivity index (χ3v) is 5.84. The standard InChI is InChI=1S/C11H17OPS/c1-3-14-10-9-13(2,12)11-7-5-4-6-8-11/h4-8H,3,9-10H2,1-2H3. The first-order valence-electron chi connectivity index (χ1n) is 4.86. The van der Waals surface area contributed by atoms with Crippen LogP contribution in [0.3, 0.4) is 0 Å². The number of benzene rings is 1.